The van der Waals surface area contributed by atoms with Gasteiger partial charge in [0, 0.05) is 12.4 Å². The maximum absolute atomic E-state index is 3.98. The van der Waals surface area contributed by atoms with E-state index in [4.69, 9.17) is 0 Å². The number of hydrogen-bond donors (Lipinski definition) is 1. The molecule has 0 saturated carbocycles. The van der Waals surface area contributed by atoms with Crippen LogP contribution in [0.5, 0.6) is 0 Å². The first-order chi connectivity index (χ1) is 5.38. The van der Waals surface area contributed by atoms with E-state index in [-0.39, 0.29) is 12.1 Å². The van der Waals surface area contributed by atoms with Gasteiger partial charge < -0.3 is 5.32 Å². The average molecular weight is 151 g/mol. The number of nitrogens with zero attached hydrogens (tertiary/aromatic N) is 2. The van der Waals surface area contributed by atoms with Gasteiger partial charge in [0.05, 0.1) is 6.04 Å². The number of likely N-dealkylation sites (N-methyl/N-ethyl adjacent to an activating group) is 1. The lowest BCUT2D eigenvalue weighted by molar-refractivity contribution is 0.582. The van der Waals surface area contributed by atoms with E-state index in [0.29, 0.717) is 0 Å². The molecule has 1 N–H and O–H groups in total. The molecule has 0 aromatic rings. The van der Waals surface area contributed by atoms with Crippen molar-refractivity contribution in [1.82, 2.24) is 5.32 Å². The van der Waals surface area contributed by atoms with Crippen LogP contribution in [0.4, 0.5) is 0 Å². The van der Waals surface area contributed by atoms with Crippen LogP contribution in [-0.2, 0) is 0 Å². The lowest BCUT2D eigenvalue weighted by atomic mass is 10.1. The topological polar surface area (TPSA) is 36.8 Å². The van der Waals surface area contributed by atoms with Crippen LogP contribution in [0.1, 0.15) is 6.92 Å². The van der Waals surface area contributed by atoms with Gasteiger partial charge in [0.15, 0.2) is 0 Å². The molecule has 1 heterocycles. The summed E-state index contributed by atoms with van der Waals surface area (Å²) in [5, 5.41) is 3.27. The second-order valence-electron chi connectivity index (χ2n) is 2.40. The van der Waals surface area contributed by atoms with Crippen LogP contribution in [0.15, 0.2) is 22.3 Å². The molecule has 1 aliphatic rings. The molecular weight excluding hydrogens is 138 g/mol. The zero-order chi connectivity index (χ0) is 8.10. The molecule has 3 nitrogen and oxygen atoms in total. The van der Waals surface area contributed by atoms with E-state index in [0.717, 1.165) is 6.54 Å². The Hall–Kier alpha value is -0.960. The molecule has 0 aromatic carbocycles. The Kier molecular flexibility index (Phi) is 2.98. The maximum atomic E-state index is 3.98. The number of rotatable bonds is 3. The van der Waals surface area contributed by atoms with Gasteiger partial charge in [-0.3, -0.25) is 9.98 Å². The summed E-state index contributed by atoms with van der Waals surface area (Å²) in [6.45, 7) is 6.51. The Morgan fingerprint density at radius 1 is 1.73 bits per heavy atom. The third kappa shape index (κ3) is 1.98. The first-order valence-corrected chi connectivity index (χ1v) is 3.77. The zero-order valence-electron chi connectivity index (χ0n) is 6.70. The molecule has 0 amide bonds. The summed E-state index contributed by atoms with van der Waals surface area (Å²) in [7, 11) is 0. The van der Waals surface area contributed by atoms with Crippen molar-refractivity contribution in [3.63, 3.8) is 0 Å². The Bertz CT molecular complexity index is 184. The highest BCUT2D eigenvalue weighted by Crippen LogP contribution is 2.02. The lowest BCUT2D eigenvalue weighted by Crippen LogP contribution is -2.39. The largest absolute Gasteiger partial charge is 0.309 e. The minimum Gasteiger partial charge on any atom is -0.309 e. The Morgan fingerprint density at radius 2 is 2.55 bits per heavy atom. The normalized spacial score (nSPS) is 28.8. The molecule has 0 bridgehead atoms. The SMILES string of the molecule is C=NC1C=NC=CC1NCC. The summed E-state index contributed by atoms with van der Waals surface area (Å²) < 4.78 is 0. The summed E-state index contributed by atoms with van der Waals surface area (Å²) in [5.41, 5.74) is 0. The van der Waals surface area contributed by atoms with Crippen molar-refractivity contribution in [3.05, 3.63) is 12.3 Å². The molecule has 2 unspecified atom stereocenters. The van der Waals surface area contributed by atoms with E-state index >= 15 is 0 Å². The molecule has 0 aromatic heterocycles. The molecule has 0 spiro atoms. The quantitative estimate of drug-likeness (QED) is 0.590. The highest BCUT2D eigenvalue weighted by molar-refractivity contribution is 5.69. The molecule has 1 aliphatic heterocycles. The van der Waals surface area contributed by atoms with Gasteiger partial charge in [-0.15, -0.1) is 0 Å². The summed E-state index contributed by atoms with van der Waals surface area (Å²) >= 11 is 0. The predicted octanol–water partition coefficient (Wildman–Crippen LogP) is 0.632. The van der Waals surface area contributed by atoms with Crippen LogP contribution in [0.25, 0.3) is 0 Å². The molecule has 11 heavy (non-hydrogen) atoms. The van der Waals surface area contributed by atoms with E-state index in [2.05, 4.69) is 28.9 Å². The second-order valence-corrected chi connectivity index (χ2v) is 2.40. The highest BCUT2D eigenvalue weighted by Gasteiger charge is 2.15. The lowest BCUT2D eigenvalue weighted by Gasteiger charge is -2.19. The monoisotopic (exact) mass is 151 g/mol. The van der Waals surface area contributed by atoms with Crippen molar-refractivity contribution in [2.45, 2.75) is 19.0 Å². The smallest absolute Gasteiger partial charge is 0.103 e. The average Bonchev–Trinajstić information content (AvgIpc) is 2.06. The third-order valence-corrected chi connectivity index (χ3v) is 1.64. The van der Waals surface area contributed by atoms with Crippen LogP contribution < -0.4 is 5.32 Å². The standard InChI is InChI=1S/C8H13N3/c1-3-11-7-4-5-10-6-8(7)9-2/h4-8,11H,2-3H2,1H3. The fourth-order valence-corrected chi connectivity index (χ4v) is 1.07. The predicted molar refractivity (Wildman–Crippen MR) is 48.4 cm³/mol. The number of nitrogens with one attached hydrogen (secondary N) is 1. The molecule has 0 aliphatic carbocycles. The van der Waals surface area contributed by atoms with Crippen molar-refractivity contribution in [1.29, 1.82) is 0 Å². The third-order valence-electron chi connectivity index (χ3n) is 1.64. The number of hydrogen-bond acceptors (Lipinski definition) is 3. The molecule has 0 radical (unpaired) electrons. The van der Waals surface area contributed by atoms with Crippen LogP contribution >= 0.6 is 0 Å². The molecule has 0 fully saturated rings. The first-order valence-electron chi connectivity index (χ1n) is 3.77. The maximum Gasteiger partial charge on any atom is 0.103 e. The molecule has 60 valence electrons. The zero-order valence-corrected chi connectivity index (χ0v) is 6.70. The van der Waals surface area contributed by atoms with Crippen molar-refractivity contribution < 1.29 is 0 Å². The van der Waals surface area contributed by atoms with Gasteiger partial charge in [0.25, 0.3) is 0 Å². The van der Waals surface area contributed by atoms with Crippen molar-refractivity contribution >= 4 is 12.9 Å². The molecular formula is C8H13N3. The fraction of sp³-hybridized carbons (Fsp3) is 0.500. The molecule has 1 rings (SSSR count). The summed E-state index contributed by atoms with van der Waals surface area (Å²) in [6, 6.07) is 0.370. The summed E-state index contributed by atoms with van der Waals surface area (Å²) in [4.78, 5) is 7.92. The first kappa shape index (κ1) is 8.14. The van der Waals surface area contributed by atoms with E-state index in [1.54, 1.807) is 12.4 Å². The van der Waals surface area contributed by atoms with Gasteiger partial charge >= 0.3 is 0 Å². The Balaban J connectivity index is 2.55. The van der Waals surface area contributed by atoms with Gasteiger partial charge in [-0.25, -0.2) is 0 Å². The van der Waals surface area contributed by atoms with Crippen molar-refractivity contribution in [3.8, 4) is 0 Å². The Labute approximate surface area is 66.9 Å². The van der Waals surface area contributed by atoms with Crippen LogP contribution in [0, 0.1) is 0 Å². The summed E-state index contributed by atoms with van der Waals surface area (Å²) in [6.07, 6.45) is 5.60. The van der Waals surface area contributed by atoms with Crippen molar-refractivity contribution in [2.75, 3.05) is 6.54 Å². The molecule has 2 atom stereocenters. The van der Waals surface area contributed by atoms with Gasteiger partial charge in [-0.05, 0) is 19.3 Å². The van der Waals surface area contributed by atoms with Gasteiger partial charge in [-0.1, -0.05) is 6.92 Å². The van der Waals surface area contributed by atoms with Gasteiger partial charge in [0.2, 0.25) is 0 Å². The van der Waals surface area contributed by atoms with Crippen LogP contribution in [0.3, 0.4) is 0 Å². The van der Waals surface area contributed by atoms with E-state index in [1.165, 1.54) is 0 Å². The van der Waals surface area contributed by atoms with E-state index < -0.39 is 0 Å². The highest BCUT2D eigenvalue weighted by atomic mass is 15.0. The molecule has 0 saturated heterocycles. The fourth-order valence-electron chi connectivity index (χ4n) is 1.07. The minimum atomic E-state index is 0.0972. The molecule has 3 heteroatoms. The van der Waals surface area contributed by atoms with E-state index in [9.17, 15) is 0 Å². The van der Waals surface area contributed by atoms with E-state index in [1.807, 2.05) is 6.08 Å². The summed E-state index contributed by atoms with van der Waals surface area (Å²) in [5.74, 6) is 0. The Morgan fingerprint density at radius 3 is 3.18 bits per heavy atom. The second kappa shape index (κ2) is 4.03. The number of aliphatic imine (C=N–C) groups is 2. The minimum absolute atomic E-state index is 0.0972. The van der Waals surface area contributed by atoms with Gasteiger partial charge in [0.1, 0.15) is 6.04 Å². The van der Waals surface area contributed by atoms with Crippen LogP contribution in [-0.4, -0.2) is 31.6 Å². The van der Waals surface area contributed by atoms with Crippen LogP contribution in [0.2, 0.25) is 0 Å². The van der Waals surface area contributed by atoms with Gasteiger partial charge in [-0.2, -0.15) is 0 Å². The van der Waals surface area contributed by atoms with Crippen molar-refractivity contribution in [2.24, 2.45) is 9.98 Å².